The summed E-state index contributed by atoms with van der Waals surface area (Å²) >= 11 is 0.599. The lowest BCUT2D eigenvalue weighted by Crippen LogP contribution is -1.96. The molecule has 0 N–H and O–H groups in total. The summed E-state index contributed by atoms with van der Waals surface area (Å²) in [6, 6.07) is -19.2. The average molecular weight is 627 g/mol. The van der Waals surface area contributed by atoms with E-state index in [9.17, 15) is 12.3 Å². The van der Waals surface area contributed by atoms with Crippen molar-refractivity contribution >= 4 is 54.9 Å². The topological polar surface area (TPSA) is 0 Å². The number of rotatable bonds is 4. The van der Waals surface area contributed by atoms with Crippen LogP contribution in [0.1, 0.15) is 46.8 Å². The van der Waals surface area contributed by atoms with Gasteiger partial charge in [-0.1, -0.05) is 151 Å². The van der Waals surface area contributed by atoms with Gasteiger partial charge in [-0.25, -0.2) is 0 Å². The predicted octanol–water partition coefficient (Wildman–Crippen LogP) is 12.8. The maximum absolute atomic E-state index is 9.69. The Morgan fingerprint density at radius 3 is 2.04 bits per heavy atom. The quantitative estimate of drug-likeness (QED) is 0.175. The first-order valence-electron chi connectivity index (χ1n) is 26.9. The summed E-state index contributed by atoms with van der Waals surface area (Å²) in [7, 11) is 0. The van der Waals surface area contributed by atoms with Gasteiger partial charge in [0.2, 0.25) is 0 Å². The standard InChI is InChI=1S/C45H28S/c1-2-8-29(9-3-1)33-20-23-41-40(27-33)39-14-6-13-38-36(22-24-42(46-41)45(38)39)34-12-4-7-28(25-34)26-35-18-17-32-16-15-30-10-5-11-31-19-21-37(35)44(32)43(30)31/h1-25,27H,26H2/i1D,2D,3D,4D,5D,6D,7D,8D,9D,10D,11D,12D,13D,14D,15D,16D,17D,18D,19D,20D,21D,22D,23D,24D,25D,27D. The van der Waals surface area contributed by atoms with E-state index >= 15 is 0 Å². The summed E-state index contributed by atoms with van der Waals surface area (Å²) in [5, 5.41) is -2.30. The van der Waals surface area contributed by atoms with Crippen LogP contribution in [-0.2, 0) is 6.42 Å². The van der Waals surface area contributed by atoms with Crippen LogP contribution in [0.25, 0.3) is 76.5 Å². The minimum absolute atomic E-state index is 0.163. The van der Waals surface area contributed by atoms with Crippen LogP contribution in [0, 0.1) is 0 Å². The second kappa shape index (κ2) is 10.1. The molecule has 0 aliphatic carbocycles. The second-order valence-corrected chi connectivity index (χ2v) is 11.4. The molecule has 0 radical (unpaired) electrons. The molecular weight excluding hydrogens is 573 g/mol. The first-order chi connectivity index (χ1) is 33.6. The molecule has 214 valence electrons. The van der Waals surface area contributed by atoms with Gasteiger partial charge >= 0.3 is 0 Å². The average Bonchev–Trinajstić information content (AvgIpc) is 3.34. The van der Waals surface area contributed by atoms with Crippen LogP contribution in [0.15, 0.2) is 167 Å². The molecule has 1 heterocycles. The molecule has 1 aliphatic heterocycles. The lowest BCUT2D eigenvalue weighted by molar-refractivity contribution is 1.22. The van der Waals surface area contributed by atoms with Crippen molar-refractivity contribution in [2.45, 2.75) is 16.2 Å². The van der Waals surface area contributed by atoms with Crippen LogP contribution in [0.2, 0.25) is 0 Å². The minimum Gasteiger partial charge on any atom is -0.0888 e. The van der Waals surface area contributed by atoms with Crippen molar-refractivity contribution in [2.75, 3.05) is 0 Å². The molecule has 9 aromatic rings. The van der Waals surface area contributed by atoms with Crippen LogP contribution >= 0.6 is 11.8 Å². The van der Waals surface area contributed by atoms with E-state index < -0.39 is 202 Å². The van der Waals surface area contributed by atoms with E-state index in [1.54, 1.807) is 0 Å². The van der Waals surface area contributed by atoms with Crippen molar-refractivity contribution in [3.05, 3.63) is 168 Å². The van der Waals surface area contributed by atoms with Gasteiger partial charge in [-0.3, -0.25) is 0 Å². The second-order valence-electron chi connectivity index (χ2n) is 10.4. The zero-order valence-corrected chi connectivity index (χ0v) is 23.9. The molecule has 46 heavy (non-hydrogen) atoms. The maximum atomic E-state index is 9.69. The highest BCUT2D eigenvalue weighted by Crippen LogP contribution is 2.50. The summed E-state index contributed by atoms with van der Waals surface area (Å²) in [5.41, 5.74) is -3.96. The molecule has 1 aliphatic rings. The van der Waals surface area contributed by atoms with Crippen LogP contribution in [0.4, 0.5) is 0 Å². The van der Waals surface area contributed by atoms with E-state index in [-0.39, 0.29) is 58.6 Å². The Morgan fingerprint density at radius 1 is 0.413 bits per heavy atom. The van der Waals surface area contributed by atoms with Crippen molar-refractivity contribution in [1.29, 1.82) is 0 Å². The molecule has 0 saturated carbocycles. The third-order valence-electron chi connectivity index (χ3n) is 7.81. The van der Waals surface area contributed by atoms with Gasteiger partial charge in [0.05, 0.1) is 35.6 Å². The SMILES string of the molecule is [2H]c1c([2H])c([2H])c(-c2c([2H])c([2H])c3c(c2[2H])-c2c([2H])c([2H])c([2H])c4c(-c5c([2H])c([2H])c([2H])c(Cc6c([2H])c([2H])c7c([2H])c([2H])c8c([2H])c([2H])c([2H])c9c([2H])c([2H])c6c7c89)c5[2H])c([2H])c([2H])c(c24)S3)c([2H])c1[2H]. The molecule has 0 bridgehead atoms. The molecule has 1 heteroatoms. The summed E-state index contributed by atoms with van der Waals surface area (Å²) < 4.78 is 233. The van der Waals surface area contributed by atoms with Crippen LogP contribution in [0.5, 0.6) is 0 Å². The molecule has 0 unspecified atom stereocenters. The van der Waals surface area contributed by atoms with Gasteiger partial charge in [-0.05, 0) is 107 Å². The first-order valence-corrected chi connectivity index (χ1v) is 14.7. The highest BCUT2D eigenvalue weighted by atomic mass is 32.2. The van der Waals surface area contributed by atoms with E-state index in [0.29, 0.717) is 11.8 Å². The van der Waals surface area contributed by atoms with Crippen LogP contribution in [0.3, 0.4) is 0 Å². The molecule has 10 rings (SSSR count). The lowest BCUT2D eigenvalue weighted by atomic mass is 9.89. The fourth-order valence-corrected chi connectivity index (χ4v) is 6.76. The van der Waals surface area contributed by atoms with Crippen molar-refractivity contribution in [1.82, 2.24) is 0 Å². The van der Waals surface area contributed by atoms with Crippen LogP contribution in [-0.4, -0.2) is 0 Å². The third-order valence-corrected chi connectivity index (χ3v) is 8.83. The number of benzene rings is 9. The van der Waals surface area contributed by atoms with Gasteiger partial charge in [0.1, 0.15) is 0 Å². The van der Waals surface area contributed by atoms with Crippen LogP contribution < -0.4 is 0 Å². The Kier molecular flexibility index (Phi) is 2.44. The Morgan fingerprint density at radius 2 is 1.15 bits per heavy atom. The van der Waals surface area contributed by atoms with E-state index in [1.165, 1.54) is 0 Å². The maximum Gasteiger partial charge on any atom is 0.0636 e. The monoisotopic (exact) mass is 626 g/mol. The Bertz CT molecular complexity index is 4050. The highest BCUT2D eigenvalue weighted by molar-refractivity contribution is 7.99. The largest absolute Gasteiger partial charge is 0.0888 e. The Balaban J connectivity index is 1.31. The molecule has 0 nitrogen and oxygen atoms in total. The minimum atomic E-state index is -0.880. The van der Waals surface area contributed by atoms with Gasteiger partial charge in [-0.15, -0.1) is 0 Å². The van der Waals surface area contributed by atoms with E-state index in [2.05, 4.69) is 0 Å². The molecular formula is C45H28S. The van der Waals surface area contributed by atoms with Gasteiger partial charge in [0.25, 0.3) is 0 Å². The number of fused-ring (bicyclic) bond motifs is 2. The molecule has 0 spiro atoms. The molecule has 0 saturated heterocycles. The Hall–Kier alpha value is -5.37. The van der Waals surface area contributed by atoms with Gasteiger partial charge in [0.15, 0.2) is 0 Å². The fourth-order valence-electron chi connectivity index (χ4n) is 5.79. The normalized spacial score (nSPS) is 20.3. The van der Waals surface area contributed by atoms with E-state index in [1.807, 2.05) is 0 Å². The van der Waals surface area contributed by atoms with Crippen molar-refractivity contribution < 1.29 is 35.6 Å². The zero-order chi connectivity index (χ0) is 52.8. The molecule has 0 atom stereocenters. The first kappa shape index (κ1) is 11.2. The number of hydrogen-bond donors (Lipinski definition) is 0. The van der Waals surface area contributed by atoms with Crippen molar-refractivity contribution in [3.8, 4) is 33.4 Å². The molecule has 9 aromatic carbocycles. The lowest BCUT2D eigenvalue weighted by Gasteiger charge is -2.22. The van der Waals surface area contributed by atoms with Gasteiger partial charge in [-0.2, -0.15) is 0 Å². The molecule has 0 amide bonds. The Labute approximate surface area is 308 Å². The fraction of sp³-hybridized carbons (Fsp3) is 0.0222. The van der Waals surface area contributed by atoms with Gasteiger partial charge < -0.3 is 0 Å². The predicted molar refractivity (Wildman–Crippen MR) is 197 cm³/mol. The number of hydrogen-bond acceptors (Lipinski definition) is 1. The molecule has 0 aromatic heterocycles. The van der Waals surface area contributed by atoms with E-state index in [4.69, 9.17) is 23.3 Å². The van der Waals surface area contributed by atoms with Crippen molar-refractivity contribution in [2.24, 2.45) is 0 Å². The highest BCUT2D eigenvalue weighted by Gasteiger charge is 2.21. The zero-order valence-electron chi connectivity index (χ0n) is 49.1. The van der Waals surface area contributed by atoms with E-state index in [0.717, 1.165) is 0 Å². The summed E-state index contributed by atoms with van der Waals surface area (Å²) in [5.74, 6) is 0. The summed E-state index contributed by atoms with van der Waals surface area (Å²) in [6.45, 7) is 0. The summed E-state index contributed by atoms with van der Waals surface area (Å²) in [6.07, 6.45) is -0.781. The summed E-state index contributed by atoms with van der Waals surface area (Å²) in [4.78, 5) is -0.434. The van der Waals surface area contributed by atoms with Gasteiger partial charge in [0, 0.05) is 15.2 Å². The van der Waals surface area contributed by atoms with Crippen molar-refractivity contribution in [3.63, 3.8) is 0 Å². The molecule has 0 fully saturated rings. The third kappa shape index (κ3) is 3.95. The smallest absolute Gasteiger partial charge is 0.0636 e.